The molecule has 0 amide bonds. The van der Waals surface area contributed by atoms with E-state index in [0.29, 0.717) is 12.0 Å². The number of aryl methyl sites for hydroxylation is 1. The zero-order valence-corrected chi connectivity index (χ0v) is 20.4. The van der Waals surface area contributed by atoms with Gasteiger partial charge in [0.1, 0.15) is 0 Å². The summed E-state index contributed by atoms with van der Waals surface area (Å²) >= 11 is 0. The van der Waals surface area contributed by atoms with Gasteiger partial charge in [0.15, 0.2) is 0 Å². The molecule has 2 aromatic carbocycles. The molecule has 3 aromatic rings. The van der Waals surface area contributed by atoms with Gasteiger partial charge in [0.2, 0.25) is 0 Å². The first-order chi connectivity index (χ1) is 16.2. The number of nitrogens with zero attached hydrogens (tertiary/aromatic N) is 2. The number of hydrogen-bond acceptors (Lipinski definition) is 2. The molecule has 1 unspecified atom stereocenters. The lowest BCUT2D eigenvalue weighted by Crippen LogP contribution is -2.40. The second kappa shape index (κ2) is 10.4. The van der Waals surface area contributed by atoms with Gasteiger partial charge in [-0.1, -0.05) is 67.3 Å². The van der Waals surface area contributed by atoms with Crippen molar-refractivity contribution in [1.29, 1.82) is 0 Å². The van der Waals surface area contributed by atoms with E-state index < -0.39 is 0 Å². The van der Waals surface area contributed by atoms with Gasteiger partial charge in [0, 0.05) is 35.6 Å². The van der Waals surface area contributed by atoms with Crippen LogP contribution in [0.25, 0.3) is 10.9 Å². The van der Waals surface area contributed by atoms with Gasteiger partial charge in [-0.15, -0.1) is 0 Å². The van der Waals surface area contributed by atoms with Gasteiger partial charge >= 0.3 is 0 Å². The number of benzene rings is 2. The highest BCUT2D eigenvalue weighted by Crippen LogP contribution is 2.36. The molecule has 5 rings (SSSR count). The number of aromatic nitrogens is 1. The molecule has 33 heavy (non-hydrogen) atoms. The summed E-state index contributed by atoms with van der Waals surface area (Å²) in [7, 11) is 0. The number of fused-ring (bicyclic) bond motifs is 1. The Balaban J connectivity index is 1.46. The fraction of sp³-hybridized carbons (Fsp3) is 0.533. The molecule has 2 heterocycles. The number of hydrogen-bond donors (Lipinski definition) is 1. The molecular formula is C30H41N3. The molecule has 1 saturated heterocycles. The molecule has 3 nitrogen and oxygen atoms in total. The van der Waals surface area contributed by atoms with Crippen LogP contribution < -0.4 is 5.73 Å². The lowest BCUT2D eigenvalue weighted by atomic mass is 9.87. The minimum Gasteiger partial charge on any atom is -0.347 e. The van der Waals surface area contributed by atoms with Gasteiger partial charge in [-0.3, -0.25) is 0 Å². The van der Waals surface area contributed by atoms with Crippen LogP contribution in [0.1, 0.15) is 74.0 Å². The Hall–Kier alpha value is -2.10. The Morgan fingerprint density at radius 3 is 2.52 bits per heavy atom. The van der Waals surface area contributed by atoms with Crippen LogP contribution in [0.5, 0.6) is 0 Å². The van der Waals surface area contributed by atoms with Crippen molar-refractivity contribution in [2.24, 2.45) is 11.7 Å². The van der Waals surface area contributed by atoms with Crippen LogP contribution in [0.15, 0.2) is 54.7 Å². The Kier molecular flexibility index (Phi) is 7.18. The summed E-state index contributed by atoms with van der Waals surface area (Å²) in [6, 6.07) is 18.7. The van der Waals surface area contributed by atoms with E-state index >= 15 is 0 Å². The summed E-state index contributed by atoms with van der Waals surface area (Å²) in [6.07, 6.45) is 13.0. The number of likely N-dealkylation sites (tertiary alicyclic amines) is 1. The largest absolute Gasteiger partial charge is 0.347 e. The molecule has 1 saturated carbocycles. The third-order valence-electron chi connectivity index (χ3n) is 8.19. The van der Waals surface area contributed by atoms with Crippen LogP contribution in [0.4, 0.5) is 0 Å². The highest BCUT2D eigenvalue weighted by Gasteiger charge is 2.24. The van der Waals surface area contributed by atoms with Gasteiger partial charge in [-0.05, 0) is 81.8 Å². The summed E-state index contributed by atoms with van der Waals surface area (Å²) in [4.78, 5) is 2.63. The van der Waals surface area contributed by atoms with E-state index in [9.17, 15) is 0 Å². The third kappa shape index (κ3) is 5.36. The van der Waals surface area contributed by atoms with Gasteiger partial charge in [-0.25, -0.2) is 0 Å². The van der Waals surface area contributed by atoms with E-state index in [1.807, 2.05) is 0 Å². The quantitative estimate of drug-likeness (QED) is 0.454. The molecule has 0 radical (unpaired) electrons. The SMILES string of the molecule is Cc1cccc(C(CCN2CCC(N)CC2)c2cn(CC3CCCCC3)c3ccccc23)c1. The maximum atomic E-state index is 6.16. The van der Waals surface area contributed by atoms with E-state index in [1.165, 1.54) is 66.2 Å². The van der Waals surface area contributed by atoms with Crippen LogP contribution in [-0.4, -0.2) is 35.1 Å². The molecule has 2 aliphatic rings. The summed E-state index contributed by atoms with van der Waals surface area (Å²) in [6.45, 7) is 6.83. The van der Waals surface area contributed by atoms with Gasteiger partial charge < -0.3 is 15.2 Å². The highest BCUT2D eigenvalue weighted by molar-refractivity contribution is 5.85. The van der Waals surface area contributed by atoms with E-state index in [4.69, 9.17) is 5.73 Å². The lowest BCUT2D eigenvalue weighted by Gasteiger charge is -2.31. The second-order valence-electron chi connectivity index (χ2n) is 10.7. The van der Waals surface area contributed by atoms with E-state index in [1.54, 1.807) is 0 Å². The molecule has 176 valence electrons. The van der Waals surface area contributed by atoms with Crippen LogP contribution >= 0.6 is 0 Å². The van der Waals surface area contributed by atoms with E-state index in [0.717, 1.165) is 44.8 Å². The second-order valence-corrected chi connectivity index (χ2v) is 10.7. The summed E-state index contributed by atoms with van der Waals surface area (Å²) in [5.41, 5.74) is 11.9. The minimum atomic E-state index is 0.395. The first kappa shape index (κ1) is 22.7. The fourth-order valence-electron chi connectivity index (χ4n) is 6.23. The molecule has 3 heteroatoms. The van der Waals surface area contributed by atoms with Crippen LogP contribution in [-0.2, 0) is 6.54 Å². The van der Waals surface area contributed by atoms with Crippen molar-refractivity contribution >= 4 is 10.9 Å². The molecule has 1 aliphatic heterocycles. The Morgan fingerprint density at radius 1 is 0.939 bits per heavy atom. The molecular weight excluding hydrogens is 402 g/mol. The normalized spacial score (nSPS) is 19.8. The standard InChI is InChI=1S/C30H41N3/c1-23-8-7-11-25(20-23)27(16-19-32-17-14-26(31)15-18-32)29-22-33(21-24-9-3-2-4-10-24)30-13-6-5-12-28(29)30/h5-8,11-13,20,22,24,26-27H,2-4,9-10,14-19,21,31H2,1H3. The van der Waals surface area contributed by atoms with Crippen molar-refractivity contribution in [3.05, 3.63) is 71.4 Å². The minimum absolute atomic E-state index is 0.395. The van der Waals surface area contributed by atoms with Crippen molar-refractivity contribution < 1.29 is 0 Å². The predicted octanol–water partition coefficient (Wildman–Crippen LogP) is 6.48. The Bertz CT molecular complexity index is 1040. The molecule has 2 N–H and O–H groups in total. The zero-order chi connectivity index (χ0) is 22.6. The monoisotopic (exact) mass is 443 g/mol. The average Bonchev–Trinajstić information content (AvgIpc) is 3.19. The molecule has 1 atom stereocenters. The molecule has 2 fully saturated rings. The number of nitrogens with two attached hydrogens (primary N) is 1. The highest BCUT2D eigenvalue weighted by atomic mass is 15.1. The van der Waals surface area contributed by atoms with Gasteiger partial charge in [0.05, 0.1) is 0 Å². The molecule has 0 spiro atoms. The number of rotatable bonds is 7. The fourth-order valence-corrected chi connectivity index (χ4v) is 6.23. The smallest absolute Gasteiger partial charge is 0.0483 e. The molecule has 1 aliphatic carbocycles. The van der Waals surface area contributed by atoms with Gasteiger partial charge in [0.25, 0.3) is 0 Å². The Labute approximate surface area is 200 Å². The molecule has 1 aromatic heterocycles. The first-order valence-corrected chi connectivity index (χ1v) is 13.3. The average molecular weight is 444 g/mol. The summed E-state index contributed by atoms with van der Waals surface area (Å²) < 4.78 is 2.59. The van der Waals surface area contributed by atoms with Crippen molar-refractivity contribution in [2.45, 2.75) is 76.8 Å². The van der Waals surface area contributed by atoms with Crippen molar-refractivity contribution in [2.75, 3.05) is 19.6 Å². The van der Waals surface area contributed by atoms with Crippen molar-refractivity contribution in [3.8, 4) is 0 Å². The van der Waals surface area contributed by atoms with Crippen LogP contribution in [0, 0.1) is 12.8 Å². The summed E-state index contributed by atoms with van der Waals surface area (Å²) in [5.74, 6) is 1.26. The predicted molar refractivity (Wildman–Crippen MR) is 140 cm³/mol. The van der Waals surface area contributed by atoms with E-state index in [-0.39, 0.29) is 0 Å². The number of para-hydroxylation sites is 1. The summed E-state index contributed by atoms with van der Waals surface area (Å²) in [5, 5.41) is 1.44. The zero-order valence-electron chi connectivity index (χ0n) is 20.4. The van der Waals surface area contributed by atoms with Crippen LogP contribution in [0.3, 0.4) is 0 Å². The lowest BCUT2D eigenvalue weighted by molar-refractivity contribution is 0.208. The Morgan fingerprint density at radius 2 is 1.73 bits per heavy atom. The van der Waals surface area contributed by atoms with E-state index in [2.05, 4.69) is 71.1 Å². The maximum absolute atomic E-state index is 6.16. The topological polar surface area (TPSA) is 34.2 Å². The van der Waals surface area contributed by atoms with Crippen molar-refractivity contribution in [3.63, 3.8) is 0 Å². The van der Waals surface area contributed by atoms with Crippen LogP contribution in [0.2, 0.25) is 0 Å². The molecule has 0 bridgehead atoms. The van der Waals surface area contributed by atoms with Crippen molar-refractivity contribution in [1.82, 2.24) is 9.47 Å². The third-order valence-corrected chi connectivity index (χ3v) is 8.19. The van der Waals surface area contributed by atoms with Gasteiger partial charge in [-0.2, -0.15) is 0 Å². The first-order valence-electron chi connectivity index (χ1n) is 13.3. The maximum Gasteiger partial charge on any atom is 0.0483 e. The number of piperidine rings is 1.